The Bertz CT molecular complexity index is 412. The summed E-state index contributed by atoms with van der Waals surface area (Å²) in [4.78, 5) is 4.59. The molecule has 0 saturated carbocycles. The van der Waals surface area contributed by atoms with E-state index in [9.17, 15) is 0 Å². The number of nitrogens with zero attached hydrogens (tertiary/aromatic N) is 2. The Morgan fingerprint density at radius 3 is 2.84 bits per heavy atom. The van der Waals surface area contributed by atoms with Gasteiger partial charge in [0.15, 0.2) is 0 Å². The maximum Gasteiger partial charge on any atom is 0.121 e. The summed E-state index contributed by atoms with van der Waals surface area (Å²) in [6.07, 6.45) is 1.08. The van der Waals surface area contributed by atoms with Gasteiger partial charge in [0.25, 0.3) is 0 Å². The van der Waals surface area contributed by atoms with Crippen molar-refractivity contribution in [2.75, 3.05) is 57.1 Å². The molecule has 1 aliphatic rings. The molecule has 1 aromatic carbocycles. The molecule has 1 aromatic rings. The first-order chi connectivity index (χ1) is 9.24. The van der Waals surface area contributed by atoms with E-state index >= 15 is 0 Å². The molecule has 0 aliphatic carbocycles. The fraction of sp³-hybridized carbons (Fsp3) is 0.571. The van der Waals surface area contributed by atoms with Gasteiger partial charge in [0, 0.05) is 32.2 Å². The highest BCUT2D eigenvalue weighted by molar-refractivity contribution is 5.69. The number of hydrogen-bond donors (Lipinski definition) is 2. The van der Waals surface area contributed by atoms with E-state index < -0.39 is 0 Å². The third-order valence-electron chi connectivity index (χ3n) is 3.58. The zero-order valence-corrected chi connectivity index (χ0v) is 11.5. The van der Waals surface area contributed by atoms with Gasteiger partial charge in [-0.1, -0.05) is 0 Å². The summed E-state index contributed by atoms with van der Waals surface area (Å²) in [6, 6.07) is 5.77. The monoisotopic (exact) mass is 265 g/mol. The molecule has 0 radical (unpaired) electrons. The topological polar surface area (TPSA) is 62.0 Å². The Morgan fingerprint density at radius 1 is 1.26 bits per heavy atom. The minimum absolute atomic E-state index is 0.224. The van der Waals surface area contributed by atoms with E-state index in [1.54, 1.807) is 7.11 Å². The number of aliphatic hydroxyl groups is 1. The lowest BCUT2D eigenvalue weighted by atomic mass is 10.2. The molecule has 5 heteroatoms. The molecule has 106 valence electrons. The van der Waals surface area contributed by atoms with Gasteiger partial charge >= 0.3 is 0 Å². The molecule has 1 heterocycles. The van der Waals surface area contributed by atoms with Crippen LogP contribution in [0.25, 0.3) is 0 Å². The Morgan fingerprint density at radius 2 is 2.11 bits per heavy atom. The molecular formula is C14H23N3O2. The fourth-order valence-corrected chi connectivity index (χ4v) is 2.50. The maximum absolute atomic E-state index is 9.01. The van der Waals surface area contributed by atoms with Crippen LogP contribution in [-0.4, -0.2) is 56.4 Å². The van der Waals surface area contributed by atoms with Crippen molar-refractivity contribution in [2.24, 2.45) is 0 Å². The quantitative estimate of drug-likeness (QED) is 0.788. The van der Waals surface area contributed by atoms with E-state index in [0.717, 1.165) is 56.3 Å². The van der Waals surface area contributed by atoms with Gasteiger partial charge in [-0.15, -0.1) is 0 Å². The van der Waals surface area contributed by atoms with Crippen molar-refractivity contribution in [1.82, 2.24) is 4.90 Å². The Balaban J connectivity index is 2.09. The van der Waals surface area contributed by atoms with Gasteiger partial charge in [0.2, 0.25) is 0 Å². The second-order valence-electron chi connectivity index (χ2n) is 4.83. The van der Waals surface area contributed by atoms with Crippen LogP contribution in [0.4, 0.5) is 11.4 Å². The van der Waals surface area contributed by atoms with E-state index in [0.29, 0.717) is 0 Å². The van der Waals surface area contributed by atoms with Crippen molar-refractivity contribution in [1.29, 1.82) is 0 Å². The van der Waals surface area contributed by atoms with Crippen molar-refractivity contribution in [3.05, 3.63) is 18.2 Å². The average molecular weight is 265 g/mol. The van der Waals surface area contributed by atoms with Crippen LogP contribution >= 0.6 is 0 Å². The minimum atomic E-state index is 0.224. The highest BCUT2D eigenvalue weighted by atomic mass is 16.5. The van der Waals surface area contributed by atoms with Crippen LogP contribution in [0.1, 0.15) is 6.42 Å². The van der Waals surface area contributed by atoms with Crippen LogP contribution in [0.3, 0.4) is 0 Å². The molecule has 0 unspecified atom stereocenters. The van der Waals surface area contributed by atoms with E-state index in [2.05, 4.69) is 9.80 Å². The predicted octanol–water partition coefficient (Wildman–Crippen LogP) is 0.782. The van der Waals surface area contributed by atoms with Crippen molar-refractivity contribution in [3.8, 4) is 5.75 Å². The van der Waals surface area contributed by atoms with Gasteiger partial charge < -0.3 is 20.5 Å². The number of benzene rings is 1. The third kappa shape index (κ3) is 3.52. The van der Waals surface area contributed by atoms with Gasteiger partial charge in [0.1, 0.15) is 5.75 Å². The van der Waals surface area contributed by atoms with Gasteiger partial charge in [-0.05, 0) is 25.1 Å². The number of β-amino-alcohol motifs (C(OH)–C–C–N with tert-alkyl or cyclic N) is 1. The molecule has 2 rings (SSSR count). The van der Waals surface area contributed by atoms with Crippen molar-refractivity contribution in [3.63, 3.8) is 0 Å². The molecular weight excluding hydrogens is 242 g/mol. The Hall–Kier alpha value is -1.46. The van der Waals surface area contributed by atoms with E-state index in [1.165, 1.54) is 0 Å². The number of nitrogens with two attached hydrogens (primary N) is 1. The second-order valence-corrected chi connectivity index (χ2v) is 4.83. The lowest BCUT2D eigenvalue weighted by Crippen LogP contribution is -2.32. The minimum Gasteiger partial charge on any atom is -0.497 e. The smallest absolute Gasteiger partial charge is 0.121 e. The molecule has 1 saturated heterocycles. The number of rotatable bonds is 4. The van der Waals surface area contributed by atoms with E-state index in [-0.39, 0.29) is 6.61 Å². The summed E-state index contributed by atoms with van der Waals surface area (Å²) in [7, 11) is 1.67. The molecule has 5 nitrogen and oxygen atoms in total. The van der Waals surface area contributed by atoms with Crippen molar-refractivity contribution < 1.29 is 9.84 Å². The predicted molar refractivity (Wildman–Crippen MR) is 77.8 cm³/mol. The van der Waals surface area contributed by atoms with E-state index in [4.69, 9.17) is 15.6 Å². The highest BCUT2D eigenvalue weighted by Gasteiger charge is 2.16. The molecule has 0 spiro atoms. The molecule has 0 aromatic heterocycles. The average Bonchev–Trinajstić information content (AvgIpc) is 2.65. The number of hydrogen-bond acceptors (Lipinski definition) is 5. The lowest BCUT2D eigenvalue weighted by Gasteiger charge is -2.25. The number of ether oxygens (including phenoxy) is 1. The van der Waals surface area contributed by atoms with Gasteiger partial charge in [-0.3, -0.25) is 4.90 Å². The van der Waals surface area contributed by atoms with Crippen LogP contribution in [0.15, 0.2) is 18.2 Å². The fourth-order valence-electron chi connectivity index (χ4n) is 2.50. The van der Waals surface area contributed by atoms with Crippen LogP contribution in [0.5, 0.6) is 5.75 Å². The number of anilines is 2. The SMILES string of the molecule is COc1ccc(N)c(N2CCCN(CCO)CC2)c1. The first-order valence-corrected chi connectivity index (χ1v) is 6.76. The summed E-state index contributed by atoms with van der Waals surface area (Å²) in [5.41, 5.74) is 7.90. The molecule has 1 aliphatic heterocycles. The van der Waals surface area contributed by atoms with Crippen LogP contribution in [0, 0.1) is 0 Å². The van der Waals surface area contributed by atoms with Gasteiger partial charge in [0.05, 0.1) is 25.1 Å². The van der Waals surface area contributed by atoms with Crippen molar-refractivity contribution in [2.45, 2.75) is 6.42 Å². The molecule has 0 bridgehead atoms. The Labute approximate surface area is 114 Å². The maximum atomic E-state index is 9.01. The van der Waals surface area contributed by atoms with Gasteiger partial charge in [-0.2, -0.15) is 0 Å². The summed E-state index contributed by atoms with van der Waals surface area (Å²) in [5.74, 6) is 0.834. The number of methoxy groups -OCH3 is 1. The zero-order valence-electron chi connectivity index (χ0n) is 11.5. The molecule has 0 amide bonds. The van der Waals surface area contributed by atoms with Crippen LogP contribution in [0.2, 0.25) is 0 Å². The highest BCUT2D eigenvalue weighted by Crippen LogP contribution is 2.28. The Kier molecular flexibility index (Phi) is 4.87. The summed E-state index contributed by atoms with van der Waals surface area (Å²) in [5, 5.41) is 9.01. The second kappa shape index (κ2) is 6.63. The molecule has 1 fully saturated rings. The summed E-state index contributed by atoms with van der Waals surface area (Å²) >= 11 is 0. The number of aliphatic hydroxyl groups excluding tert-OH is 1. The third-order valence-corrected chi connectivity index (χ3v) is 3.58. The summed E-state index contributed by atoms with van der Waals surface area (Å²) in [6.45, 7) is 4.87. The molecule has 3 N–H and O–H groups in total. The summed E-state index contributed by atoms with van der Waals surface area (Å²) < 4.78 is 5.27. The van der Waals surface area contributed by atoms with E-state index in [1.807, 2.05) is 18.2 Å². The van der Waals surface area contributed by atoms with Crippen molar-refractivity contribution >= 4 is 11.4 Å². The number of nitrogen functional groups attached to an aromatic ring is 1. The molecule has 0 atom stereocenters. The normalized spacial score (nSPS) is 17.3. The molecule has 19 heavy (non-hydrogen) atoms. The van der Waals surface area contributed by atoms with Gasteiger partial charge in [-0.25, -0.2) is 0 Å². The lowest BCUT2D eigenvalue weighted by molar-refractivity contribution is 0.204. The standard InChI is InChI=1S/C14H23N3O2/c1-19-12-3-4-13(15)14(11-12)17-6-2-5-16(7-8-17)9-10-18/h3-4,11,18H,2,5-10,15H2,1H3. The zero-order chi connectivity index (χ0) is 13.7. The van der Waals surface area contributed by atoms with Crippen LogP contribution in [-0.2, 0) is 0 Å². The largest absolute Gasteiger partial charge is 0.497 e. The van der Waals surface area contributed by atoms with Crippen LogP contribution < -0.4 is 15.4 Å². The first kappa shape index (κ1) is 14.0. The first-order valence-electron chi connectivity index (χ1n) is 6.76.